The molecule has 17 heavy (non-hydrogen) atoms. The van der Waals surface area contributed by atoms with Crippen molar-refractivity contribution in [2.45, 2.75) is 20.8 Å². The SMILES string of the molecule is Cc1occc1C(=O)NCC(C)(C)/C(N)=N/O. The number of hydrogen-bond donors (Lipinski definition) is 3. The molecule has 4 N–H and O–H groups in total. The Balaban J connectivity index is 2.64. The fourth-order valence-corrected chi connectivity index (χ4v) is 1.24. The summed E-state index contributed by atoms with van der Waals surface area (Å²) >= 11 is 0. The second-order valence-electron chi connectivity index (χ2n) is 4.44. The summed E-state index contributed by atoms with van der Waals surface area (Å²) in [6, 6.07) is 1.60. The Bertz CT molecular complexity index is 435. The molecule has 0 saturated carbocycles. The van der Waals surface area contributed by atoms with Gasteiger partial charge in [-0.25, -0.2) is 0 Å². The number of nitrogens with zero attached hydrogens (tertiary/aromatic N) is 1. The molecule has 1 aromatic heterocycles. The summed E-state index contributed by atoms with van der Waals surface area (Å²) in [5, 5.41) is 14.3. The van der Waals surface area contributed by atoms with Gasteiger partial charge < -0.3 is 20.7 Å². The first-order chi connectivity index (χ1) is 7.88. The van der Waals surface area contributed by atoms with E-state index in [1.807, 2.05) is 0 Å². The average molecular weight is 239 g/mol. The Morgan fingerprint density at radius 2 is 2.29 bits per heavy atom. The van der Waals surface area contributed by atoms with Gasteiger partial charge in [-0.15, -0.1) is 0 Å². The van der Waals surface area contributed by atoms with Crippen LogP contribution in [0.4, 0.5) is 0 Å². The molecular weight excluding hydrogens is 222 g/mol. The van der Waals surface area contributed by atoms with Gasteiger partial charge in [0.15, 0.2) is 0 Å². The minimum atomic E-state index is -0.609. The number of nitrogens with one attached hydrogen (secondary N) is 1. The highest BCUT2D eigenvalue weighted by molar-refractivity contribution is 5.95. The van der Waals surface area contributed by atoms with Crippen LogP contribution in [-0.4, -0.2) is 23.5 Å². The van der Waals surface area contributed by atoms with Crippen LogP contribution in [0.1, 0.15) is 30.0 Å². The molecule has 0 unspecified atom stereocenters. The van der Waals surface area contributed by atoms with Crippen LogP contribution >= 0.6 is 0 Å². The minimum Gasteiger partial charge on any atom is -0.469 e. The number of rotatable bonds is 4. The average Bonchev–Trinajstić information content (AvgIpc) is 2.71. The van der Waals surface area contributed by atoms with E-state index >= 15 is 0 Å². The van der Waals surface area contributed by atoms with E-state index in [1.165, 1.54) is 6.26 Å². The van der Waals surface area contributed by atoms with Crippen LogP contribution in [0.2, 0.25) is 0 Å². The van der Waals surface area contributed by atoms with Crippen LogP contribution in [0, 0.1) is 12.3 Å². The van der Waals surface area contributed by atoms with Crippen LogP contribution in [0.3, 0.4) is 0 Å². The predicted molar refractivity (Wildman–Crippen MR) is 63.0 cm³/mol. The highest BCUT2D eigenvalue weighted by Gasteiger charge is 2.25. The predicted octanol–water partition coefficient (Wildman–Crippen LogP) is 1.09. The Morgan fingerprint density at radius 1 is 1.65 bits per heavy atom. The summed E-state index contributed by atoms with van der Waals surface area (Å²) in [6.07, 6.45) is 1.46. The van der Waals surface area contributed by atoms with Crippen LogP contribution < -0.4 is 11.1 Å². The number of furan rings is 1. The van der Waals surface area contributed by atoms with Gasteiger partial charge in [0.2, 0.25) is 0 Å². The summed E-state index contributed by atoms with van der Waals surface area (Å²) in [5.41, 5.74) is 5.39. The van der Waals surface area contributed by atoms with Crippen LogP contribution in [0.15, 0.2) is 21.9 Å². The second-order valence-corrected chi connectivity index (χ2v) is 4.44. The largest absolute Gasteiger partial charge is 0.469 e. The zero-order valence-corrected chi connectivity index (χ0v) is 10.2. The second kappa shape index (κ2) is 4.90. The van der Waals surface area contributed by atoms with E-state index in [4.69, 9.17) is 15.4 Å². The molecule has 0 aliphatic heterocycles. The van der Waals surface area contributed by atoms with E-state index in [2.05, 4.69) is 10.5 Å². The molecule has 94 valence electrons. The summed E-state index contributed by atoms with van der Waals surface area (Å²) in [5.74, 6) is 0.390. The van der Waals surface area contributed by atoms with Crippen molar-refractivity contribution in [3.05, 3.63) is 23.7 Å². The highest BCUT2D eigenvalue weighted by atomic mass is 16.4. The maximum atomic E-state index is 11.8. The zero-order valence-electron chi connectivity index (χ0n) is 10.2. The standard InChI is InChI=1S/C11H17N3O3/c1-7-8(4-5-17-7)9(15)13-6-11(2,3)10(12)14-16/h4-5,16H,6H2,1-3H3,(H2,12,14)(H,13,15). The fourth-order valence-electron chi connectivity index (χ4n) is 1.24. The van der Waals surface area contributed by atoms with Crippen LogP contribution in [0.25, 0.3) is 0 Å². The molecule has 0 fully saturated rings. The fraction of sp³-hybridized carbons (Fsp3) is 0.455. The van der Waals surface area contributed by atoms with Gasteiger partial charge in [-0.1, -0.05) is 19.0 Å². The molecule has 1 heterocycles. The van der Waals surface area contributed by atoms with E-state index in [-0.39, 0.29) is 18.3 Å². The van der Waals surface area contributed by atoms with Gasteiger partial charge in [0.1, 0.15) is 11.6 Å². The molecular formula is C11H17N3O3. The topological polar surface area (TPSA) is 101 Å². The van der Waals surface area contributed by atoms with Crippen molar-refractivity contribution in [2.75, 3.05) is 6.54 Å². The van der Waals surface area contributed by atoms with Gasteiger partial charge in [-0.3, -0.25) is 4.79 Å². The van der Waals surface area contributed by atoms with Crippen LogP contribution in [0.5, 0.6) is 0 Å². The van der Waals surface area contributed by atoms with Gasteiger partial charge >= 0.3 is 0 Å². The van der Waals surface area contributed by atoms with Crippen molar-refractivity contribution in [2.24, 2.45) is 16.3 Å². The third-order valence-electron chi connectivity index (χ3n) is 2.60. The Hall–Kier alpha value is -1.98. The lowest BCUT2D eigenvalue weighted by Crippen LogP contribution is -2.42. The van der Waals surface area contributed by atoms with E-state index in [9.17, 15) is 4.79 Å². The number of hydrogen-bond acceptors (Lipinski definition) is 4. The molecule has 0 radical (unpaired) electrons. The van der Waals surface area contributed by atoms with Gasteiger partial charge in [-0.2, -0.15) is 0 Å². The van der Waals surface area contributed by atoms with E-state index in [0.29, 0.717) is 11.3 Å². The normalized spacial score (nSPS) is 12.5. The molecule has 0 spiro atoms. The molecule has 0 atom stereocenters. The number of nitrogens with two attached hydrogens (primary N) is 1. The van der Waals surface area contributed by atoms with E-state index < -0.39 is 5.41 Å². The van der Waals surface area contributed by atoms with Crippen molar-refractivity contribution in [1.29, 1.82) is 0 Å². The molecule has 1 rings (SSSR count). The molecule has 6 nitrogen and oxygen atoms in total. The number of aryl methyl sites for hydroxylation is 1. The lowest BCUT2D eigenvalue weighted by atomic mass is 9.92. The molecule has 6 heteroatoms. The van der Waals surface area contributed by atoms with Crippen molar-refractivity contribution < 1.29 is 14.4 Å². The number of amidine groups is 1. The summed E-state index contributed by atoms with van der Waals surface area (Å²) < 4.78 is 5.04. The minimum absolute atomic E-state index is 0.0710. The first-order valence-corrected chi connectivity index (χ1v) is 5.19. The molecule has 0 aliphatic carbocycles. The Kier molecular flexibility index (Phi) is 3.77. The van der Waals surface area contributed by atoms with Crippen LogP contribution in [-0.2, 0) is 0 Å². The summed E-state index contributed by atoms with van der Waals surface area (Å²) in [4.78, 5) is 11.8. The quantitative estimate of drug-likeness (QED) is 0.317. The third kappa shape index (κ3) is 2.99. The van der Waals surface area contributed by atoms with Crippen molar-refractivity contribution in [3.63, 3.8) is 0 Å². The Morgan fingerprint density at radius 3 is 2.76 bits per heavy atom. The maximum absolute atomic E-state index is 11.8. The molecule has 0 aromatic carbocycles. The number of oxime groups is 1. The van der Waals surface area contributed by atoms with Crippen molar-refractivity contribution in [3.8, 4) is 0 Å². The van der Waals surface area contributed by atoms with Gasteiger partial charge in [0.25, 0.3) is 5.91 Å². The van der Waals surface area contributed by atoms with Gasteiger partial charge in [0, 0.05) is 12.0 Å². The lowest BCUT2D eigenvalue weighted by molar-refractivity contribution is 0.0943. The highest BCUT2D eigenvalue weighted by Crippen LogP contribution is 2.14. The molecule has 1 aromatic rings. The zero-order chi connectivity index (χ0) is 13.1. The molecule has 1 amide bonds. The molecule has 0 aliphatic rings. The van der Waals surface area contributed by atoms with E-state index in [1.54, 1.807) is 26.8 Å². The smallest absolute Gasteiger partial charge is 0.254 e. The summed E-state index contributed by atoms with van der Waals surface area (Å²) in [7, 11) is 0. The summed E-state index contributed by atoms with van der Waals surface area (Å²) in [6.45, 7) is 5.52. The maximum Gasteiger partial charge on any atom is 0.254 e. The van der Waals surface area contributed by atoms with E-state index in [0.717, 1.165) is 0 Å². The molecule has 0 saturated heterocycles. The first kappa shape index (κ1) is 13.1. The van der Waals surface area contributed by atoms with Crippen molar-refractivity contribution in [1.82, 2.24) is 5.32 Å². The number of amides is 1. The van der Waals surface area contributed by atoms with Crippen molar-refractivity contribution >= 4 is 11.7 Å². The monoisotopic (exact) mass is 239 g/mol. The van der Waals surface area contributed by atoms with Gasteiger partial charge in [0.05, 0.1) is 11.8 Å². The number of carbonyl (C=O) groups excluding carboxylic acids is 1. The van der Waals surface area contributed by atoms with Gasteiger partial charge in [-0.05, 0) is 13.0 Å². The lowest BCUT2D eigenvalue weighted by Gasteiger charge is -2.22. The number of carbonyl (C=O) groups is 1. The third-order valence-corrected chi connectivity index (χ3v) is 2.60. The Labute approximate surface area is 99.5 Å². The first-order valence-electron chi connectivity index (χ1n) is 5.19. The molecule has 0 bridgehead atoms.